The zero-order valence-electron chi connectivity index (χ0n) is 16.2. The van der Waals surface area contributed by atoms with E-state index < -0.39 is 0 Å². The van der Waals surface area contributed by atoms with Crippen molar-refractivity contribution in [3.8, 4) is 11.5 Å². The molecule has 0 unspecified atom stereocenters. The van der Waals surface area contributed by atoms with E-state index in [-0.39, 0.29) is 12.4 Å². The van der Waals surface area contributed by atoms with Crippen molar-refractivity contribution in [1.82, 2.24) is 14.9 Å². The van der Waals surface area contributed by atoms with Gasteiger partial charge >= 0.3 is 0 Å². The third-order valence-corrected chi connectivity index (χ3v) is 4.75. The highest BCUT2D eigenvalue weighted by Gasteiger charge is 2.14. The van der Waals surface area contributed by atoms with Crippen LogP contribution in [0.1, 0.15) is 30.8 Å². The highest BCUT2D eigenvalue weighted by molar-refractivity contribution is 7.71. The molecule has 3 rings (SSSR count). The molecule has 9 heteroatoms. The van der Waals surface area contributed by atoms with Crippen molar-refractivity contribution in [1.29, 1.82) is 0 Å². The van der Waals surface area contributed by atoms with Gasteiger partial charge < -0.3 is 14.9 Å². The Morgan fingerprint density at radius 3 is 2.76 bits per heavy atom. The summed E-state index contributed by atoms with van der Waals surface area (Å²) in [6, 6.07) is 10.1. The molecular formula is C20H22ClFN4O2S. The van der Waals surface area contributed by atoms with E-state index in [1.165, 1.54) is 6.07 Å². The molecule has 29 heavy (non-hydrogen) atoms. The lowest BCUT2D eigenvalue weighted by atomic mass is 10.2. The molecule has 0 aliphatic heterocycles. The molecule has 0 fully saturated rings. The number of H-pyrrole nitrogens is 1. The van der Waals surface area contributed by atoms with Gasteiger partial charge in [-0.1, -0.05) is 36.7 Å². The molecule has 2 aromatic carbocycles. The summed E-state index contributed by atoms with van der Waals surface area (Å²) in [5.74, 6) is 1.36. The maximum absolute atomic E-state index is 13.9. The first-order valence-electron chi connectivity index (χ1n) is 9.25. The molecule has 0 aliphatic rings. The van der Waals surface area contributed by atoms with Crippen LogP contribution < -0.4 is 14.9 Å². The molecule has 1 aromatic heterocycles. The van der Waals surface area contributed by atoms with Crippen molar-refractivity contribution in [2.75, 3.05) is 12.0 Å². The number of aromatic nitrogens is 3. The number of nitrogens with one attached hydrogen (secondary N) is 2. The number of hydrogen-bond donors (Lipinski definition) is 2. The first kappa shape index (κ1) is 21.1. The largest absolute Gasteiger partial charge is 0.490 e. The standard InChI is InChI=1S/C20H22ClFN4O2S/c1-3-18-24-25-20(29)26(18)23-11-13-9-15(21)19(17(10-13)27-4-2)28-12-14-7-5-6-8-16(14)22/h5-10,23H,3-4,11-12H2,1-2H3,(H,25,29). The predicted molar refractivity (Wildman–Crippen MR) is 113 cm³/mol. The first-order chi connectivity index (χ1) is 14.0. The fraction of sp³-hybridized carbons (Fsp3) is 0.300. The summed E-state index contributed by atoms with van der Waals surface area (Å²) in [5.41, 5.74) is 4.54. The van der Waals surface area contributed by atoms with E-state index in [2.05, 4.69) is 15.6 Å². The van der Waals surface area contributed by atoms with Gasteiger partial charge in [-0.25, -0.2) is 9.07 Å². The first-order valence-corrected chi connectivity index (χ1v) is 10.0. The molecule has 0 spiro atoms. The number of benzene rings is 2. The van der Waals surface area contributed by atoms with E-state index >= 15 is 0 Å². The van der Waals surface area contributed by atoms with Crippen LogP contribution in [0.3, 0.4) is 0 Å². The van der Waals surface area contributed by atoms with Gasteiger partial charge in [0.1, 0.15) is 12.4 Å². The number of hydrogen-bond acceptors (Lipinski definition) is 5. The van der Waals surface area contributed by atoms with E-state index in [0.717, 1.165) is 17.8 Å². The van der Waals surface area contributed by atoms with Crippen LogP contribution >= 0.6 is 23.8 Å². The van der Waals surface area contributed by atoms with Crippen LogP contribution in [0.5, 0.6) is 11.5 Å². The normalized spacial score (nSPS) is 10.8. The lowest BCUT2D eigenvalue weighted by Crippen LogP contribution is -2.17. The van der Waals surface area contributed by atoms with E-state index in [9.17, 15) is 4.39 Å². The smallest absolute Gasteiger partial charge is 0.214 e. The van der Waals surface area contributed by atoms with Crippen molar-refractivity contribution in [2.45, 2.75) is 33.4 Å². The van der Waals surface area contributed by atoms with Crippen molar-refractivity contribution in [2.24, 2.45) is 0 Å². The summed E-state index contributed by atoms with van der Waals surface area (Å²) in [7, 11) is 0. The van der Waals surface area contributed by atoms with Crippen LogP contribution in [0.2, 0.25) is 5.02 Å². The van der Waals surface area contributed by atoms with E-state index in [1.54, 1.807) is 28.9 Å². The highest BCUT2D eigenvalue weighted by Crippen LogP contribution is 2.37. The van der Waals surface area contributed by atoms with Gasteiger partial charge in [-0.2, -0.15) is 5.10 Å². The highest BCUT2D eigenvalue weighted by atomic mass is 35.5. The third kappa shape index (κ3) is 5.07. The molecular weight excluding hydrogens is 415 g/mol. The molecule has 0 saturated heterocycles. The number of halogens is 2. The fourth-order valence-corrected chi connectivity index (χ4v) is 3.30. The molecule has 0 bridgehead atoms. The Bertz CT molecular complexity index is 1040. The van der Waals surface area contributed by atoms with Crippen LogP contribution in [0.4, 0.5) is 4.39 Å². The molecule has 154 valence electrons. The topological polar surface area (TPSA) is 64.1 Å². The Hall–Kier alpha value is -2.58. The maximum atomic E-state index is 13.9. The summed E-state index contributed by atoms with van der Waals surface area (Å²) >= 11 is 11.7. The zero-order valence-corrected chi connectivity index (χ0v) is 17.7. The number of aryl methyl sites for hydroxylation is 1. The summed E-state index contributed by atoms with van der Waals surface area (Å²) in [6.45, 7) is 4.81. The van der Waals surface area contributed by atoms with Crippen LogP contribution in [-0.4, -0.2) is 21.5 Å². The summed E-state index contributed by atoms with van der Waals surface area (Å²) < 4.78 is 27.6. The maximum Gasteiger partial charge on any atom is 0.214 e. The average Bonchev–Trinajstić information content (AvgIpc) is 3.07. The summed E-state index contributed by atoms with van der Waals surface area (Å²) in [6.07, 6.45) is 0.730. The van der Waals surface area contributed by atoms with Gasteiger partial charge in [-0.15, -0.1) is 0 Å². The molecule has 2 N–H and O–H groups in total. The minimum absolute atomic E-state index is 0.0497. The van der Waals surface area contributed by atoms with Crippen LogP contribution in [0.15, 0.2) is 36.4 Å². The molecule has 1 heterocycles. The molecule has 0 atom stereocenters. The van der Waals surface area contributed by atoms with Gasteiger partial charge in [-0.05, 0) is 42.9 Å². The second-order valence-electron chi connectivity index (χ2n) is 6.19. The number of rotatable bonds is 9. The Labute approximate surface area is 178 Å². The van der Waals surface area contributed by atoms with Gasteiger partial charge in [0.2, 0.25) is 4.77 Å². The third-order valence-electron chi connectivity index (χ3n) is 4.20. The minimum Gasteiger partial charge on any atom is -0.490 e. The van der Waals surface area contributed by atoms with E-state index in [4.69, 9.17) is 33.3 Å². The quantitative estimate of drug-likeness (QED) is 0.461. The molecule has 3 aromatic rings. The minimum atomic E-state index is -0.328. The molecule has 0 amide bonds. The lowest BCUT2D eigenvalue weighted by molar-refractivity contribution is 0.266. The van der Waals surface area contributed by atoms with Crippen molar-refractivity contribution < 1.29 is 13.9 Å². The Morgan fingerprint density at radius 2 is 2.03 bits per heavy atom. The number of aromatic amines is 1. The van der Waals surface area contributed by atoms with Gasteiger partial charge in [0, 0.05) is 12.0 Å². The summed E-state index contributed by atoms with van der Waals surface area (Å²) in [4.78, 5) is 0. The van der Waals surface area contributed by atoms with Crippen LogP contribution in [0, 0.1) is 10.6 Å². The number of nitrogens with zero attached hydrogens (tertiary/aromatic N) is 2. The molecule has 0 aliphatic carbocycles. The molecule has 0 saturated carbocycles. The molecule has 0 radical (unpaired) electrons. The Kier molecular flexibility index (Phi) is 7.11. The lowest BCUT2D eigenvalue weighted by Gasteiger charge is -2.16. The van der Waals surface area contributed by atoms with Gasteiger partial charge in [0.25, 0.3) is 0 Å². The van der Waals surface area contributed by atoms with Crippen LogP contribution in [0.25, 0.3) is 0 Å². The van der Waals surface area contributed by atoms with E-state index in [0.29, 0.717) is 40.0 Å². The second kappa shape index (κ2) is 9.76. The molecule has 6 nitrogen and oxygen atoms in total. The van der Waals surface area contributed by atoms with Crippen molar-refractivity contribution in [3.05, 3.63) is 69.0 Å². The van der Waals surface area contributed by atoms with Gasteiger partial charge in [-0.3, -0.25) is 5.10 Å². The van der Waals surface area contributed by atoms with Crippen molar-refractivity contribution >= 4 is 23.8 Å². The van der Waals surface area contributed by atoms with Crippen LogP contribution in [-0.2, 0) is 19.6 Å². The second-order valence-corrected chi connectivity index (χ2v) is 6.98. The van der Waals surface area contributed by atoms with Gasteiger partial charge in [0.15, 0.2) is 17.3 Å². The Balaban J connectivity index is 1.79. The zero-order chi connectivity index (χ0) is 20.8. The monoisotopic (exact) mass is 436 g/mol. The number of ether oxygens (including phenoxy) is 2. The van der Waals surface area contributed by atoms with E-state index in [1.807, 2.05) is 19.9 Å². The summed E-state index contributed by atoms with van der Waals surface area (Å²) in [5, 5.41) is 7.32. The predicted octanol–water partition coefficient (Wildman–Crippen LogP) is 5.02. The fourth-order valence-electron chi connectivity index (χ4n) is 2.79. The SMILES string of the molecule is CCOc1cc(CNn2c(CC)n[nH]c2=S)cc(Cl)c1OCc1ccccc1F. The average molecular weight is 437 g/mol. The Morgan fingerprint density at radius 1 is 1.24 bits per heavy atom. The van der Waals surface area contributed by atoms with Gasteiger partial charge in [0.05, 0.1) is 18.2 Å². The van der Waals surface area contributed by atoms with Crippen molar-refractivity contribution in [3.63, 3.8) is 0 Å².